The molecule has 1 aliphatic heterocycles. The van der Waals surface area contributed by atoms with Crippen molar-refractivity contribution in [3.05, 3.63) is 53.5 Å². The minimum Gasteiger partial charge on any atom is -0.435 e. The van der Waals surface area contributed by atoms with Crippen molar-refractivity contribution < 1.29 is 26.7 Å². The fourth-order valence-corrected chi connectivity index (χ4v) is 3.41. The lowest BCUT2D eigenvalue weighted by atomic mass is 10.1. The number of halogens is 5. The van der Waals surface area contributed by atoms with E-state index in [4.69, 9.17) is 0 Å². The first kappa shape index (κ1) is 24.3. The third-order valence-electron chi connectivity index (χ3n) is 4.98. The first-order valence-electron chi connectivity index (χ1n) is 10.1. The first-order valence-corrected chi connectivity index (χ1v) is 10.1. The topological polar surface area (TPSA) is 74.4 Å². The summed E-state index contributed by atoms with van der Waals surface area (Å²) in [6.07, 6.45) is 0.638. The van der Waals surface area contributed by atoms with Gasteiger partial charge >= 0.3 is 12.8 Å². The van der Waals surface area contributed by atoms with Gasteiger partial charge in [0.2, 0.25) is 0 Å². The summed E-state index contributed by atoms with van der Waals surface area (Å²) in [5.74, 6) is -0.0393. The number of hydrazine groups is 1. The minimum atomic E-state index is -4.41. The standard InChI is InChI=1S/C22H22F5N5O/c1-12(2)32-19-9-15(33-21(23)24)7-8-16(19)17(10-28)20(32)18-6-4-5-14(11-29-18)31-30-13(3)22(25,26)27/h4,6-9,11-13,21,30-31H,5H2,1-3H3/t13-/m1/s1. The van der Waals surface area contributed by atoms with Crippen LogP contribution in [0.5, 0.6) is 5.75 Å². The van der Waals surface area contributed by atoms with E-state index in [-0.39, 0.29) is 18.2 Å². The molecule has 11 heteroatoms. The Morgan fingerprint density at radius 2 is 1.94 bits per heavy atom. The largest absolute Gasteiger partial charge is 0.435 e. The van der Waals surface area contributed by atoms with Crippen molar-refractivity contribution in [3.8, 4) is 11.8 Å². The lowest BCUT2D eigenvalue weighted by Gasteiger charge is -2.19. The van der Waals surface area contributed by atoms with Crippen molar-refractivity contribution in [2.24, 2.45) is 4.99 Å². The molecule has 1 aliphatic rings. The Hall–Kier alpha value is -3.39. The number of aromatic nitrogens is 1. The van der Waals surface area contributed by atoms with E-state index >= 15 is 0 Å². The van der Waals surface area contributed by atoms with Gasteiger partial charge in [-0.25, -0.2) is 5.43 Å². The predicted molar refractivity (Wildman–Crippen MR) is 114 cm³/mol. The van der Waals surface area contributed by atoms with Crippen LogP contribution in [0.1, 0.15) is 44.5 Å². The Kier molecular flexibility index (Phi) is 7.07. The quantitative estimate of drug-likeness (QED) is 0.426. The number of hydrogen-bond donors (Lipinski definition) is 2. The van der Waals surface area contributed by atoms with E-state index in [1.807, 2.05) is 13.8 Å². The molecule has 0 spiro atoms. The highest BCUT2D eigenvalue weighted by Crippen LogP contribution is 2.33. The zero-order valence-corrected chi connectivity index (χ0v) is 18.0. The van der Waals surface area contributed by atoms with Crippen LogP contribution in [0.3, 0.4) is 0 Å². The summed E-state index contributed by atoms with van der Waals surface area (Å²) in [7, 11) is 0. The highest BCUT2D eigenvalue weighted by Gasteiger charge is 2.35. The summed E-state index contributed by atoms with van der Waals surface area (Å²) in [6, 6.07) is 4.57. The normalized spacial score (nSPS) is 15.3. The Labute approximate surface area is 187 Å². The molecular weight excluding hydrogens is 445 g/mol. The van der Waals surface area contributed by atoms with Crippen LogP contribution < -0.4 is 15.6 Å². The van der Waals surface area contributed by atoms with Gasteiger partial charge in [0.25, 0.3) is 0 Å². The second-order valence-corrected chi connectivity index (χ2v) is 7.66. The molecule has 0 bridgehead atoms. The molecule has 176 valence electrons. The van der Waals surface area contributed by atoms with Gasteiger partial charge in [-0.2, -0.15) is 27.2 Å². The Morgan fingerprint density at radius 1 is 1.21 bits per heavy atom. The zero-order valence-electron chi connectivity index (χ0n) is 18.0. The molecule has 33 heavy (non-hydrogen) atoms. The molecule has 1 aromatic carbocycles. The van der Waals surface area contributed by atoms with E-state index in [9.17, 15) is 27.2 Å². The van der Waals surface area contributed by atoms with Crippen LogP contribution in [-0.2, 0) is 0 Å². The van der Waals surface area contributed by atoms with Crippen molar-refractivity contribution in [1.29, 1.82) is 5.26 Å². The Morgan fingerprint density at radius 3 is 2.55 bits per heavy atom. The maximum absolute atomic E-state index is 12.7. The molecule has 0 saturated heterocycles. The number of nitriles is 1. The number of aliphatic imine (C=N–C) groups is 1. The molecule has 0 amide bonds. The molecule has 1 atom stereocenters. The van der Waals surface area contributed by atoms with Crippen molar-refractivity contribution >= 4 is 16.6 Å². The Balaban J connectivity index is 2.05. The fourth-order valence-electron chi connectivity index (χ4n) is 3.41. The van der Waals surface area contributed by atoms with Crippen LogP contribution >= 0.6 is 0 Å². The third-order valence-corrected chi connectivity index (χ3v) is 4.98. The number of allylic oxidation sites excluding steroid dienone is 2. The molecule has 6 nitrogen and oxygen atoms in total. The smallest absolute Gasteiger partial charge is 0.405 e. The average Bonchev–Trinajstić information content (AvgIpc) is 2.87. The first-order chi connectivity index (χ1) is 15.5. The molecule has 3 rings (SSSR count). The number of nitrogens with one attached hydrogen (secondary N) is 2. The van der Waals surface area contributed by atoms with Crippen LogP contribution in [-0.4, -0.2) is 29.1 Å². The van der Waals surface area contributed by atoms with Crippen LogP contribution in [0.25, 0.3) is 10.9 Å². The monoisotopic (exact) mass is 467 g/mol. The fraction of sp³-hybridized carbons (Fsp3) is 0.364. The minimum absolute atomic E-state index is 0.0393. The second kappa shape index (κ2) is 9.62. The number of nitrogens with zero attached hydrogens (tertiary/aromatic N) is 3. The van der Waals surface area contributed by atoms with Crippen molar-refractivity contribution in [3.63, 3.8) is 0 Å². The lowest BCUT2D eigenvalue weighted by molar-refractivity contribution is -0.153. The molecule has 0 radical (unpaired) electrons. The molecule has 1 aromatic heterocycles. The number of fused-ring (bicyclic) bond motifs is 1. The third kappa shape index (κ3) is 5.34. The summed E-state index contributed by atoms with van der Waals surface area (Å²) in [5.41, 5.74) is 6.84. The lowest BCUT2D eigenvalue weighted by Crippen LogP contribution is -2.46. The van der Waals surface area contributed by atoms with Gasteiger partial charge in [0, 0.05) is 35.8 Å². The van der Waals surface area contributed by atoms with E-state index in [0.29, 0.717) is 33.6 Å². The van der Waals surface area contributed by atoms with Crippen molar-refractivity contribution in [2.45, 2.75) is 52.1 Å². The number of hydrogen-bond acceptors (Lipinski definition) is 5. The molecule has 0 fully saturated rings. The van der Waals surface area contributed by atoms with Gasteiger partial charge in [-0.15, -0.1) is 0 Å². The van der Waals surface area contributed by atoms with Gasteiger partial charge in [-0.3, -0.25) is 4.99 Å². The van der Waals surface area contributed by atoms with E-state index in [2.05, 4.69) is 26.7 Å². The molecule has 0 unspecified atom stereocenters. The molecule has 0 aliphatic carbocycles. The van der Waals surface area contributed by atoms with Crippen LogP contribution in [0.4, 0.5) is 22.0 Å². The number of benzene rings is 1. The average molecular weight is 467 g/mol. The van der Waals surface area contributed by atoms with Gasteiger partial charge < -0.3 is 14.7 Å². The molecule has 2 N–H and O–H groups in total. The van der Waals surface area contributed by atoms with Gasteiger partial charge in [0.15, 0.2) is 0 Å². The SMILES string of the molecule is CC(C)n1c(C2=NC=C(NN[C@H](C)C(F)(F)F)CC=C2)c(C#N)c2ccc(OC(F)F)cc21. The highest BCUT2D eigenvalue weighted by molar-refractivity contribution is 6.13. The van der Waals surface area contributed by atoms with E-state index in [1.54, 1.807) is 22.8 Å². The second-order valence-electron chi connectivity index (χ2n) is 7.66. The van der Waals surface area contributed by atoms with Crippen molar-refractivity contribution in [2.75, 3.05) is 0 Å². The zero-order chi connectivity index (χ0) is 24.3. The van der Waals surface area contributed by atoms with E-state index < -0.39 is 18.8 Å². The maximum atomic E-state index is 12.7. The summed E-state index contributed by atoms with van der Waals surface area (Å²) < 4.78 is 69.9. The maximum Gasteiger partial charge on any atom is 0.405 e. The molecular formula is C22H22F5N5O. The summed E-state index contributed by atoms with van der Waals surface area (Å²) >= 11 is 0. The predicted octanol–water partition coefficient (Wildman–Crippen LogP) is 5.33. The van der Waals surface area contributed by atoms with Gasteiger partial charge in [-0.05, 0) is 39.0 Å². The number of ether oxygens (including phenoxy) is 1. The number of rotatable bonds is 7. The summed E-state index contributed by atoms with van der Waals surface area (Å²) in [6.45, 7) is 1.74. The van der Waals surface area contributed by atoms with Gasteiger partial charge in [0.1, 0.15) is 17.9 Å². The van der Waals surface area contributed by atoms with Crippen molar-refractivity contribution in [1.82, 2.24) is 15.4 Å². The Bertz CT molecular complexity index is 1150. The van der Waals surface area contributed by atoms with E-state index in [0.717, 1.165) is 6.92 Å². The molecule has 0 saturated carbocycles. The molecule has 2 aromatic rings. The van der Waals surface area contributed by atoms with Crippen LogP contribution in [0.15, 0.2) is 47.2 Å². The number of alkyl halides is 5. The van der Waals surface area contributed by atoms with Gasteiger partial charge in [0.05, 0.1) is 22.5 Å². The van der Waals surface area contributed by atoms with Crippen LogP contribution in [0.2, 0.25) is 0 Å². The van der Waals surface area contributed by atoms with Gasteiger partial charge in [-0.1, -0.05) is 6.08 Å². The van der Waals surface area contributed by atoms with Crippen LogP contribution in [0, 0.1) is 11.3 Å². The summed E-state index contributed by atoms with van der Waals surface area (Å²) in [5, 5.41) is 10.4. The molecule has 2 heterocycles. The highest BCUT2D eigenvalue weighted by atomic mass is 19.4. The van der Waals surface area contributed by atoms with E-state index in [1.165, 1.54) is 18.3 Å². The summed E-state index contributed by atoms with van der Waals surface area (Å²) in [4.78, 5) is 4.39.